The van der Waals surface area contributed by atoms with Crippen molar-refractivity contribution in [3.63, 3.8) is 0 Å². The van der Waals surface area contributed by atoms with E-state index in [1.807, 2.05) is 0 Å². The Morgan fingerprint density at radius 2 is 1.50 bits per heavy atom. The highest BCUT2D eigenvalue weighted by Gasteiger charge is 2.14. The Balaban J connectivity index is 0. The van der Waals surface area contributed by atoms with Crippen molar-refractivity contribution >= 4 is 0 Å². The third kappa shape index (κ3) is 9.63. The lowest BCUT2D eigenvalue weighted by Crippen LogP contribution is -3.10. The van der Waals surface area contributed by atoms with Crippen molar-refractivity contribution in [1.29, 1.82) is 0 Å². The standard InChI is InChI=1S/C17H29N.2ClH/c1-4-5-6-7-11-14-17(18(2)3)15-16-12-9-8-10-13-16;;/h8-10,12-13,17H,4-7,11,14-15H2,1-3H3;2*1H/p-1. The van der Waals surface area contributed by atoms with Crippen molar-refractivity contribution in [2.24, 2.45) is 0 Å². The van der Waals surface area contributed by atoms with E-state index < -0.39 is 0 Å². The molecule has 1 rings (SSSR count). The van der Waals surface area contributed by atoms with Crippen LogP contribution in [0.2, 0.25) is 0 Å². The summed E-state index contributed by atoms with van der Waals surface area (Å²) in [7, 11) is 4.58. The number of hydrogen-bond donors (Lipinski definition) is 1. The lowest BCUT2D eigenvalue weighted by atomic mass is 9.99. The van der Waals surface area contributed by atoms with Gasteiger partial charge in [0.25, 0.3) is 0 Å². The van der Waals surface area contributed by atoms with Gasteiger partial charge < -0.3 is 29.7 Å². The van der Waals surface area contributed by atoms with Crippen LogP contribution in [0.15, 0.2) is 30.3 Å². The molecule has 0 fully saturated rings. The van der Waals surface area contributed by atoms with E-state index in [0.717, 1.165) is 6.04 Å². The van der Waals surface area contributed by atoms with Crippen LogP contribution in [-0.4, -0.2) is 20.1 Å². The van der Waals surface area contributed by atoms with E-state index in [9.17, 15) is 0 Å². The lowest BCUT2D eigenvalue weighted by Gasteiger charge is -2.21. The van der Waals surface area contributed by atoms with Crippen LogP contribution in [0.25, 0.3) is 0 Å². The molecule has 0 aliphatic carbocycles. The van der Waals surface area contributed by atoms with Crippen molar-refractivity contribution < 1.29 is 29.7 Å². The zero-order valence-corrected chi connectivity index (χ0v) is 14.7. The zero-order chi connectivity index (χ0) is 13.2. The molecule has 1 unspecified atom stereocenters. The molecule has 0 saturated carbocycles. The fourth-order valence-corrected chi connectivity index (χ4v) is 2.49. The smallest absolute Gasteiger partial charge is 0.0911 e. The molecule has 118 valence electrons. The first-order valence-electron chi connectivity index (χ1n) is 7.58. The quantitative estimate of drug-likeness (QED) is 0.466. The molecule has 1 atom stereocenters. The third-order valence-electron chi connectivity index (χ3n) is 3.80. The van der Waals surface area contributed by atoms with Gasteiger partial charge in [-0.15, -0.1) is 0 Å². The number of hydrogen-bond acceptors (Lipinski definition) is 0. The summed E-state index contributed by atoms with van der Waals surface area (Å²) in [6.07, 6.45) is 9.54. The monoisotopic (exact) mass is 318 g/mol. The molecular weight excluding hydrogens is 289 g/mol. The van der Waals surface area contributed by atoms with Gasteiger partial charge >= 0.3 is 0 Å². The van der Waals surface area contributed by atoms with Gasteiger partial charge in [0.05, 0.1) is 20.1 Å². The Morgan fingerprint density at radius 1 is 0.900 bits per heavy atom. The molecule has 0 saturated heterocycles. The summed E-state index contributed by atoms with van der Waals surface area (Å²) in [6, 6.07) is 11.7. The van der Waals surface area contributed by atoms with Gasteiger partial charge in [-0.1, -0.05) is 62.9 Å². The summed E-state index contributed by atoms with van der Waals surface area (Å²) in [5, 5.41) is 0. The Hall–Kier alpha value is -0.240. The molecule has 0 radical (unpaired) electrons. The first-order valence-corrected chi connectivity index (χ1v) is 7.58. The lowest BCUT2D eigenvalue weighted by molar-refractivity contribution is -0.886. The van der Waals surface area contributed by atoms with Crippen molar-refractivity contribution in [1.82, 2.24) is 0 Å². The second-order valence-corrected chi connectivity index (χ2v) is 5.67. The summed E-state index contributed by atoms with van der Waals surface area (Å²) >= 11 is 0. The van der Waals surface area contributed by atoms with Crippen LogP contribution in [0.5, 0.6) is 0 Å². The van der Waals surface area contributed by atoms with E-state index in [-0.39, 0.29) is 24.8 Å². The van der Waals surface area contributed by atoms with E-state index in [1.165, 1.54) is 50.5 Å². The molecule has 0 heterocycles. The average molecular weight is 319 g/mol. The second-order valence-electron chi connectivity index (χ2n) is 5.67. The van der Waals surface area contributed by atoms with Crippen LogP contribution in [0, 0.1) is 0 Å². The van der Waals surface area contributed by atoms with Crippen LogP contribution in [0.1, 0.15) is 51.0 Å². The van der Waals surface area contributed by atoms with E-state index in [0.29, 0.717) is 0 Å². The van der Waals surface area contributed by atoms with Crippen LogP contribution in [-0.2, 0) is 6.42 Å². The van der Waals surface area contributed by atoms with Crippen molar-refractivity contribution in [3.8, 4) is 0 Å². The highest BCUT2D eigenvalue weighted by atomic mass is 35.5. The van der Waals surface area contributed by atoms with Gasteiger partial charge in [-0.3, -0.25) is 0 Å². The van der Waals surface area contributed by atoms with Crippen molar-refractivity contribution in [2.75, 3.05) is 14.1 Å². The Labute approximate surface area is 138 Å². The largest absolute Gasteiger partial charge is 1.00 e. The van der Waals surface area contributed by atoms with E-state index >= 15 is 0 Å². The summed E-state index contributed by atoms with van der Waals surface area (Å²) < 4.78 is 0. The highest BCUT2D eigenvalue weighted by Crippen LogP contribution is 2.09. The molecule has 0 aliphatic rings. The average Bonchev–Trinajstić information content (AvgIpc) is 2.38. The van der Waals surface area contributed by atoms with Gasteiger partial charge in [0.1, 0.15) is 0 Å². The summed E-state index contributed by atoms with van der Waals surface area (Å²) in [5.41, 5.74) is 1.48. The number of halogens is 2. The molecule has 0 aliphatic heterocycles. The van der Waals surface area contributed by atoms with Gasteiger partial charge in [-0.25, -0.2) is 0 Å². The normalized spacial score (nSPS) is 11.6. The molecule has 1 aromatic rings. The number of nitrogens with one attached hydrogen (secondary N) is 1. The Kier molecular flexibility index (Phi) is 15.1. The van der Waals surface area contributed by atoms with Gasteiger partial charge in [0.2, 0.25) is 0 Å². The maximum Gasteiger partial charge on any atom is 0.0911 e. The van der Waals surface area contributed by atoms with Gasteiger partial charge in [-0.05, 0) is 18.4 Å². The minimum atomic E-state index is 0. The number of rotatable bonds is 9. The first-order chi connectivity index (χ1) is 8.74. The molecule has 1 nitrogen and oxygen atoms in total. The summed E-state index contributed by atoms with van der Waals surface area (Å²) in [6.45, 7) is 2.28. The van der Waals surface area contributed by atoms with Gasteiger partial charge in [-0.2, -0.15) is 0 Å². The molecular formula is C17H30Cl2N-. The van der Waals surface area contributed by atoms with E-state index in [2.05, 4.69) is 51.4 Å². The highest BCUT2D eigenvalue weighted by molar-refractivity contribution is 5.15. The molecule has 20 heavy (non-hydrogen) atoms. The molecule has 3 heteroatoms. The van der Waals surface area contributed by atoms with E-state index in [4.69, 9.17) is 0 Å². The fourth-order valence-electron chi connectivity index (χ4n) is 2.49. The fraction of sp³-hybridized carbons (Fsp3) is 0.647. The molecule has 0 amide bonds. The SMILES string of the molecule is CCCCCCCC(Cc1ccccc1)[NH+](C)C.[Cl-].[Cl-]. The van der Waals surface area contributed by atoms with Crippen LogP contribution < -0.4 is 29.7 Å². The number of benzene rings is 1. The van der Waals surface area contributed by atoms with Crippen LogP contribution in [0.3, 0.4) is 0 Å². The second kappa shape index (κ2) is 13.7. The summed E-state index contributed by atoms with van der Waals surface area (Å²) in [5.74, 6) is 0. The van der Waals surface area contributed by atoms with Crippen molar-refractivity contribution in [3.05, 3.63) is 35.9 Å². The summed E-state index contributed by atoms with van der Waals surface area (Å²) in [4.78, 5) is 1.59. The van der Waals surface area contributed by atoms with Crippen molar-refractivity contribution in [2.45, 2.75) is 57.9 Å². The van der Waals surface area contributed by atoms with Gasteiger partial charge in [0, 0.05) is 6.42 Å². The van der Waals surface area contributed by atoms with Crippen LogP contribution in [0.4, 0.5) is 0 Å². The number of unbranched alkanes of at least 4 members (excludes halogenated alkanes) is 4. The van der Waals surface area contributed by atoms with Crippen LogP contribution >= 0.6 is 0 Å². The minimum absolute atomic E-state index is 0. The number of likely N-dealkylation sites (N-methyl/N-ethyl adjacent to an activating group) is 1. The first kappa shape index (κ1) is 22.0. The molecule has 0 spiro atoms. The predicted octanol–water partition coefficient (Wildman–Crippen LogP) is -2.89. The topological polar surface area (TPSA) is 4.44 Å². The molecule has 1 aromatic carbocycles. The van der Waals surface area contributed by atoms with Gasteiger partial charge in [0.15, 0.2) is 0 Å². The Morgan fingerprint density at radius 3 is 2.05 bits per heavy atom. The molecule has 0 aromatic heterocycles. The maximum absolute atomic E-state index is 2.29. The number of quaternary nitrogens is 1. The molecule has 0 bridgehead atoms. The zero-order valence-electron chi connectivity index (χ0n) is 13.2. The third-order valence-corrected chi connectivity index (χ3v) is 3.80. The minimum Gasteiger partial charge on any atom is -1.00 e. The Bertz CT molecular complexity index is 301. The molecule has 1 N–H and O–H groups in total. The van der Waals surface area contributed by atoms with E-state index in [1.54, 1.807) is 4.90 Å². The maximum atomic E-state index is 2.29. The predicted molar refractivity (Wildman–Crippen MR) is 80.1 cm³/mol.